The SMILES string of the molecule is Cc1ccc(CNC(=O)COc2ccc(Cl)cc2Cl)o1. The van der Waals surface area contributed by atoms with Crippen molar-refractivity contribution in [2.75, 3.05) is 6.61 Å². The average molecular weight is 314 g/mol. The third-order valence-electron chi connectivity index (χ3n) is 2.51. The van der Waals surface area contributed by atoms with Crippen LogP contribution in [0.4, 0.5) is 0 Å². The molecule has 1 heterocycles. The molecule has 0 atom stereocenters. The first-order valence-corrected chi connectivity index (χ1v) is 6.70. The van der Waals surface area contributed by atoms with Gasteiger partial charge in [-0.25, -0.2) is 0 Å². The first-order chi connectivity index (χ1) is 9.54. The quantitative estimate of drug-likeness (QED) is 0.917. The van der Waals surface area contributed by atoms with Gasteiger partial charge in [0.2, 0.25) is 0 Å². The molecule has 0 unspecified atom stereocenters. The third kappa shape index (κ3) is 4.18. The summed E-state index contributed by atoms with van der Waals surface area (Å²) in [5.74, 6) is 1.66. The lowest BCUT2D eigenvalue weighted by Crippen LogP contribution is -2.28. The van der Waals surface area contributed by atoms with Gasteiger partial charge in [-0.15, -0.1) is 0 Å². The lowest BCUT2D eigenvalue weighted by Gasteiger charge is -2.08. The van der Waals surface area contributed by atoms with Crippen molar-refractivity contribution in [1.82, 2.24) is 5.32 Å². The average Bonchev–Trinajstić information content (AvgIpc) is 2.81. The summed E-state index contributed by atoms with van der Waals surface area (Å²) in [6, 6.07) is 8.47. The van der Waals surface area contributed by atoms with Gasteiger partial charge in [-0.05, 0) is 37.3 Å². The number of carbonyl (C=O) groups excluding carboxylic acids is 1. The zero-order chi connectivity index (χ0) is 14.5. The lowest BCUT2D eigenvalue weighted by molar-refractivity contribution is -0.123. The number of ether oxygens (including phenoxy) is 1. The van der Waals surface area contributed by atoms with Crippen molar-refractivity contribution in [3.8, 4) is 5.75 Å². The van der Waals surface area contributed by atoms with Crippen LogP contribution in [-0.2, 0) is 11.3 Å². The number of carbonyl (C=O) groups is 1. The van der Waals surface area contributed by atoms with E-state index in [0.29, 0.717) is 28.1 Å². The maximum Gasteiger partial charge on any atom is 0.258 e. The molecular formula is C14H13Cl2NO3. The van der Waals surface area contributed by atoms with Crippen LogP contribution in [0, 0.1) is 6.92 Å². The number of nitrogens with one attached hydrogen (secondary N) is 1. The fourth-order valence-corrected chi connectivity index (χ4v) is 2.02. The van der Waals surface area contributed by atoms with Gasteiger partial charge in [-0.3, -0.25) is 4.79 Å². The van der Waals surface area contributed by atoms with Crippen molar-refractivity contribution in [2.45, 2.75) is 13.5 Å². The number of rotatable bonds is 5. The summed E-state index contributed by atoms with van der Waals surface area (Å²) in [5.41, 5.74) is 0. The molecule has 106 valence electrons. The van der Waals surface area contributed by atoms with Crippen molar-refractivity contribution < 1.29 is 13.9 Å². The normalized spacial score (nSPS) is 10.3. The van der Waals surface area contributed by atoms with Gasteiger partial charge in [0.15, 0.2) is 6.61 Å². The number of halogens is 2. The maximum atomic E-state index is 11.6. The Kier molecular flexibility index (Phi) is 4.93. The smallest absolute Gasteiger partial charge is 0.258 e. The van der Waals surface area contributed by atoms with E-state index in [1.165, 1.54) is 0 Å². The molecule has 1 aromatic carbocycles. The van der Waals surface area contributed by atoms with E-state index in [1.54, 1.807) is 18.2 Å². The summed E-state index contributed by atoms with van der Waals surface area (Å²) in [6.07, 6.45) is 0. The molecule has 1 N–H and O–H groups in total. The Labute approximate surface area is 126 Å². The molecule has 0 spiro atoms. The van der Waals surface area contributed by atoms with Crippen LogP contribution in [-0.4, -0.2) is 12.5 Å². The summed E-state index contributed by atoms with van der Waals surface area (Å²) >= 11 is 11.7. The van der Waals surface area contributed by atoms with Crippen LogP contribution < -0.4 is 10.1 Å². The van der Waals surface area contributed by atoms with Crippen molar-refractivity contribution in [3.05, 3.63) is 51.9 Å². The van der Waals surface area contributed by atoms with E-state index in [9.17, 15) is 4.79 Å². The summed E-state index contributed by atoms with van der Waals surface area (Å²) in [7, 11) is 0. The zero-order valence-corrected chi connectivity index (χ0v) is 12.3. The Morgan fingerprint density at radius 1 is 1.30 bits per heavy atom. The molecular weight excluding hydrogens is 301 g/mol. The lowest BCUT2D eigenvalue weighted by atomic mass is 10.3. The van der Waals surface area contributed by atoms with Gasteiger partial charge < -0.3 is 14.5 Å². The third-order valence-corrected chi connectivity index (χ3v) is 3.04. The topological polar surface area (TPSA) is 51.5 Å². The van der Waals surface area contributed by atoms with Crippen LogP contribution in [0.5, 0.6) is 5.75 Å². The summed E-state index contributed by atoms with van der Waals surface area (Å²) in [4.78, 5) is 11.6. The van der Waals surface area contributed by atoms with E-state index >= 15 is 0 Å². The molecule has 0 aliphatic heterocycles. The van der Waals surface area contributed by atoms with Crippen LogP contribution in [0.2, 0.25) is 10.0 Å². The molecule has 4 nitrogen and oxygen atoms in total. The van der Waals surface area contributed by atoms with Crippen molar-refractivity contribution in [1.29, 1.82) is 0 Å². The molecule has 20 heavy (non-hydrogen) atoms. The molecule has 1 aromatic heterocycles. The van der Waals surface area contributed by atoms with E-state index in [2.05, 4.69) is 5.32 Å². The maximum absolute atomic E-state index is 11.6. The van der Waals surface area contributed by atoms with E-state index in [1.807, 2.05) is 19.1 Å². The number of benzene rings is 1. The summed E-state index contributed by atoms with van der Waals surface area (Å²) in [6.45, 7) is 2.04. The number of furan rings is 1. The van der Waals surface area contributed by atoms with E-state index in [-0.39, 0.29) is 12.5 Å². The monoisotopic (exact) mass is 313 g/mol. The van der Waals surface area contributed by atoms with Crippen molar-refractivity contribution in [3.63, 3.8) is 0 Å². The first-order valence-electron chi connectivity index (χ1n) is 5.94. The minimum absolute atomic E-state index is 0.124. The number of hydrogen-bond acceptors (Lipinski definition) is 3. The summed E-state index contributed by atoms with van der Waals surface area (Å²) < 4.78 is 10.7. The minimum atomic E-state index is -0.259. The fourth-order valence-electron chi connectivity index (χ4n) is 1.55. The molecule has 0 radical (unpaired) electrons. The molecule has 2 aromatic rings. The Morgan fingerprint density at radius 2 is 2.10 bits per heavy atom. The van der Waals surface area contributed by atoms with Gasteiger partial charge in [0, 0.05) is 5.02 Å². The molecule has 0 aliphatic carbocycles. The molecule has 6 heteroatoms. The zero-order valence-electron chi connectivity index (χ0n) is 10.8. The molecule has 0 saturated heterocycles. The van der Waals surface area contributed by atoms with Gasteiger partial charge >= 0.3 is 0 Å². The van der Waals surface area contributed by atoms with Crippen LogP contribution >= 0.6 is 23.2 Å². The Morgan fingerprint density at radius 3 is 2.75 bits per heavy atom. The van der Waals surface area contributed by atoms with E-state index in [0.717, 1.165) is 5.76 Å². The highest BCUT2D eigenvalue weighted by molar-refractivity contribution is 6.35. The summed E-state index contributed by atoms with van der Waals surface area (Å²) in [5, 5.41) is 3.57. The van der Waals surface area contributed by atoms with Gasteiger partial charge in [0.25, 0.3) is 5.91 Å². The first kappa shape index (κ1) is 14.8. The Bertz CT molecular complexity index is 610. The Balaban J connectivity index is 1.80. The second kappa shape index (κ2) is 6.68. The largest absolute Gasteiger partial charge is 0.482 e. The molecule has 2 rings (SSSR count). The number of hydrogen-bond donors (Lipinski definition) is 1. The second-order valence-corrected chi connectivity index (χ2v) is 5.00. The number of aryl methyl sites for hydroxylation is 1. The predicted molar refractivity (Wildman–Crippen MR) is 77.2 cm³/mol. The van der Waals surface area contributed by atoms with Crippen LogP contribution in [0.25, 0.3) is 0 Å². The molecule has 1 amide bonds. The second-order valence-electron chi connectivity index (χ2n) is 4.15. The van der Waals surface area contributed by atoms with E-state index < -0.39 is 0 Å². The van der Waals surface area contributed by atoms with Gasteiger partial charge in [-0.2, -0.15) is 0 Å². The number of amides is 1. The fraction of sp³-hybridized carbons (Fsp3) is 0.214. The minimum Gasteiger partial charge on any atom is -0.482 e. The van der Waals surface area contributed by atoms with E-state index in [4.69, 9.17) is 32.4 Å². The van der Waals surface area contributed by atoms with Gasteiger partial charge in [0.05, 0.1) is 11.6 Å². The van der Waals surface area contributed by atoms with Crippen LogP contribution in [0.3, 0.4) is 0 Å². The van der Waals surface area contributed by atoms with Gasteiger partial charge in [0.1, 0.15) is 17.3 Å². The van der Waals surface area contributed by atoms with Crippen LogP contribution in [0.1, 0.15) is 11.5 Å². The van der Waals surface area contributed by atoms with Gasteiger partial charge in [-0.1, -0.05) is 23.2 Å². The molecule has 0 aliphatic rings. The molecule has 0 saturated carbocycles. The highest BCUT2D eigenvalue weighted by atomic mass is 35.5. The molecule has 0 bridgehead atoms. The highest BCUT2D eigenvalue weighted by Gasteiger charge is 2.07. The molecule has 0 fully saturated rings. The van der Waals surface area contributed by atoms with Crippen molar-refractivity contribution in [2.24, 2.45) is 0 Å². The van der Waals surface area contributed by atoms with Crippen LogP contribution in [0.15, 0.2) is 34.7 Å². The highest BCUT2D eigenvalue weighted by Crippen LogP contribution is 2.27. The Hall–Kier alpha value is -1.65. The van der Waals surface area contributed by atoms with Crippen molar-refractivity contribution >= 4 is 29.1 Å². The predicted octanol–water partition coefficient (Wildman–Crippen LogP) is 3.59. The standard InChI is InChI=1S/C14H13Cl2NO3/c1-9-2-4-11(20-9)7-17-14(18)8-19-13-5-3-10(15)6-12(13)16/h2-6H,7-8H2,1H3,(H,17,18).